The van der Waals surface area contributed by atoms with E-state index in [1.165, 1.54) is 24.5 Å². The standard InChI is InChI=1S/C34H35F3N8O2/c1-42-12-14-43(15-13-42)21-25-3-4-27(17-29(25)34(35,36)37)40-32(46)26-16-24(18-38-19-26)2-5-28-20-39-30-6-7-31(41-45(28)30)44-10-8-33(9-11-44)22-47-23-33/h3-4,6-7,16-20H,8-15,21-23H2,1H3,(H,40,46). The van der Waals surface area contributed by atoms with E-state index in [-0.39, 0.29) is 23.4 Å². The molecule has 244 valence electrons. The number of carbonyl (C=O) groups is 1. The topological polar surface area (TPSA) is 91.1 Å². The van der Waals surface area contributed by atoms with Crippen molar-refractivity contribution in [1.29, 1.82) is 0 Å². The van der Waals surface area contributed by atoms with Crippen molar-refractivity contribution < 1.29 is 22.7 Å². The molecule has 13 heteroatoms. The van der Waals surface area contributed by atoms with Gasteiger partial charge in [0.05, 0.1) is 30.5 Å². The number of carbonyl (C=O) groups excluding carboxylic acids is 1. The fourth-order valence-corrected chi connectivity index (χ4v) is 6.28. The van der Waals surface area contributed by atoms with Crippen molar-refractivity contribution in [3.05, 3.63) is 82.9 Å². The first-order valence-electron chi connectivity index (χ1n) is 15.7. The molecule has 0 atom stereocenters. The molecule has 3 fully saturated rings. The van der Waals surface area contributed by atoms with E-state index in [2.05, 4.69) is 36.9 Å². The number of pyridine rings is 1. The van der Waals surface area contributed by atoms with Crippen LogP contribution >= 0.6 is 0 Å². The molecule has 0 radical (unpaired) electrons. The van der Waals surface area contributed by atoms with Crippen molar-refractivity contribution in [2.45, 2.75) is 25.6 Å². The Hall–Kier alpha value is -4.51. The van der Waals surface area contributed by atoms with Gasteiger partial charge in [-0.1, -0.05) is 12.0 Å². The molecule has 1 N–H and O–H groups in total. The minimum atomic E-state index is -4.56. The predicted molar refractivity (Wildman–Crippen MR) is 170 cm³/mol. The van der Waals surface area contributed by atoms with Crippen LogP contribution in [0.1, 0.15) is 45.6 Å². The normalized spacial score (nSPS) is 18.5. The van der Waals surface area contributed by atoms with Crippen LogP contribution in [0.2, 0.25) is 0 Å². The number of halogens is 3. The maximum absolute atomic E-state index is 14.0. The van der Waals surface area contributed by atoms with Gasteiger partial charge in [-0.2, -0.15) is 13.2 Å². The van der Waals surface area contributed by atoms with E-state index < -0.39 is 17.6 Å². The molecule has 4 aromatic rings. The van der Waals surface area contributed by atoms with Crippen molar-refractivity contribution >= 4 is 23.1 Å². The highest BCUT2D eigenvalue weighted by molar-refractivity contribution is 6.04. The highest BCUT2D eigenvalue weighted by Gasteiger charge is 2.41. The molecule has 1 spiro atoms. The van der Waals surface area contributed by atoms with Crippen LogP contribution in [0, 0.1) is 17.3 Å². The highest BCUT2D eigenvalue weighted by Crippen LogP contribution is 2.39. The van der Waals surface area contributed by atoms with Gasteiger partial charge in [-0.15, -0.1) is 5.10 Å². The number of aromatic nitrogens is 4. The molecule has 0 bridgehead atoms. The number of nitrogens with zero attached hydrogens (tertiary/aromatic N) is 7. The van der Waals surface area contributed by atoms with E-state index in [0.717, 1.165) is 64.1 Å². The molecule has 7 rings (SSSR count). The second-order valence-electron chi connectivity index (χ2n) is 12.7. The summed E-state index contributed by atoms with van der Waals surface area (Å²) in [6, 6.07) is 9.38. The lowest BCUT2D eigenvalue weighted by atomic mass is 9.77. The second-order valence-corrected chi connectivity index (χ2v) is 12.7. The van der Waals surface area contributed by atoms with E-state index >= 15 is 0 Å². The van der Waals surface area contributed by atoms with Crippen molar-refractivity contribution in [2.75, 3.05) is 69.7 Å². The number of fused-ring (bicyclic) bond motifs is 1. The van der Waals surface area contributed by atoms with Gasteiger partial charge >= 0.3 is 6.18 Å². The highest BCUT2D eigenvalue weighted by atomic mass is 19.4. The summed E-state index contributed by atoms with van der Waals surface area (Å²) in [4.78, 5) is 28.1. The Balaban J connectivity index is 1.05. The summed E-state index contributed by atoms with van der Waals surface area (Å²) in [6.45, 7) is 6.71. The second kappa shape index (κ2) is 12.6. The average molecular weight is 645 g/mol. The Morgan fingerprint density at radius 1 is 0.979 bits per heavy atom. The predicted octanol–water partition coefficient (Wildman–Crippen LogP) is 4.16. The van der Waals surface area contributed by atoms with E-state index in [1.54, 1.807) is 16.8 Å². The smallest absolute Gasteiger partial charge is 0.380 e. The van der Waals surface area contributed by atoms with Crippen LogP contribution in [0.15, 0.2) is 55.0 Å². The van der Waals surface area contributed by atoms with Gasteiger partial charge < -0.3 is 19.9 Å². The van der Waals surface area contributed by atoms with Gasteiger partial charge in [0.1, 0.15) is 11.5 Å². The summed E-state index contributed by atoms with van der Waals surface area (Å²) in [5.74, 6) is 6.37. The first-order chi connectivity index (χ1) is 22.6. The molecule has 0 saturated carbocycles. The maximum atomic E-state index is 14.0. The molecule has 0 aliphatic carbocycles. The van der Waals surface area contributed by atoms with Gasteiger partial charge in [-0.05, 0) is 61.7 Å². The Bertz CT molecular complexity index is 1840. The number of imidazole rings is 1. The third-order valence-electron chi connectivity index (χ3n) is 9.31. The first-order valence-corrected chi connectivity index (χ1v) is 15.7. The van der Waals surface area contributed by atoms with Crippen molar-refractivity contribution in [3.8, 4) is 11.8 Å². The van der Waals surface area contributed by atoms with Crippen LogP contribution in [-0.4, -0.2) is 94.8 Å². The number of likely N-dealkylation sites (N-methyl/N-ethyl adjacent to an activating group) is 1. The number of piperazine rings is 1. The zero-order chi connectivity index (χ0) is 32.6. The number of anilines is 2. The quantitative estimate of drug-likeness (QED) is 0.324. The number of nitrogens with one attached hydrogen (secondary N) is 1. The number of alkyl halides is 3. The number of hydrogen-bond donors (Lipinski definition) is 1. The zero-order valence-electron chi connectivity index (χ0n) is 26.1. The van der Waals surface area contributed by atoms with Crippen LogP contribution in [-0.2, 0) is 17.5 Å². The molecule has 10 nitrogen and oxygen atoms in total. The van der Waals surface area contributed by atoms with Gasteiger partial charge in [0.2, 0.25) is 0 Å². The summed E-state index contributed by atoms with van der Waals surface area (Å²) in [6.07, 6.45) is 2.11. The molecule has 3 aliphatic rings. The minimum absolute atomic E-state index is 0.0541. The number of benzene rings is 1. The number of amides is 1. The Labute approximate surface area is 270 Å². The van der Waals surface area contributed by atoms with Gasteiger partial charge in [0.25, 0.3) is 5.91 Å². The van der Waals surface area contributed by atoms with Crippen molar-refractivity contribution in [2.24, 2.45) is 5.41 Å². The van der Waals surface area contributed by atoms with Crippen LogP contribution in [0.25, 0.3) is 5.65 Å². The lowest BCUT2D eigenvalue weighted by Crippen LogP contribution is -2.51. The largest absolute Gasteiger partial charge is 0.416 e. The summed E-state index contributed by atoms with van der Waals surface area (Å²) < 4.78 is 49.3. The van der Waals surface area contributed by atoms with Crippen molar-refractivity contribution in [3.63, 3.8) is 0 Å². The van der Waals surface area contributed by atoms with E-state index in [0.29, 0.717) is 35.4 Å². The average Bonchev–Trinajstić information content (AvgIpc) is 3.46. The first kappa shape index (κ1) is 31.1. The van der Waals surface area contributed by atoms with Gasteiger partial charge in [0.15, 0.2) is 5.65 Å². The number of piperidine rings is 1. The molecule has 3 aromatic heterocycles. The van der Waals surface area contributed by atoms with Crippen molar-refractivity contribution in [1.82, 2.24) is 29.4 Å². The Kier molecular flexibility index (Phi) is 8.34. The van der Waals surface area contributed by atoms with Crippen LogP contribution in [0.4, 0.5) is 24.7 Å². The van der Waals surface area contributed by atoms with Gasteiger partial charge in [0, 0.05) is 74.9 Å². The Morgan fingerprint density at radius 3 is 2.49 bits per heavy atom. The molecule has 1 amide bonds. The third-order valence-corrected chi connectivity index (χ3v) is 9.31. The van der Waals surface area contributed by atoms with Gasteiger partial charge in [-0.25, -0.2) is 9.50 Å². The monoisotopic (exact) mass is 644 g/mol. The zero-order valence-corrected chi connectivity index (χ0v) is 26.1. The van der Waals surface area contributed by atoms with Gasteiger partial charge in [-0.3, -0.25) is 14.7 Å². The molecule has 1 aromatic carbocycles. The summed E-state index contributed by atoms with van der Waals surface area (Å²) in [5.41, 5.74) is 1.68. The Morgan fingerprint density at radius 2 is 1.77 bits per heavy atom. The number of rotatable bonds is 5. The van der Waals surface area contributed by atoms with Crippen LogP contribution in [0.3, 0.4) is 0 Å². The molecule has 3 saturated heterocycles. The SMILES string of the molecule is CN1CCN(Cc2ccc(NC(=O)c3cncc(C#Cc4cnc5ccc(N6CCC7(CC6)COC7)nn45)c3)cc2C(F)(F)F)CC1. The van der Waals surface area contributed by atoms with E-state index in [1.807, 2.05) is 24.1 Å². The van der Waals surface area contributed by atoms with Crippen LogP contribution in [0.5, 0.6) is 0 Å². The summed E-state index contributed by atoms with van der Waals surface area (Å²) in [5, 5.41) is 7.40. The molecule has 3 aliphatic heterocycles. The molecular formula is C34H35F3N8O2. The summed E-state index contributed by atoms with van der Waals surface area (Å²) in [7, 11) is 2.00. The molecule has 47 heavy (non-hydrogen) atoms. The summed E-state index contributed by atoms with van der Waals surface area (Å²) >= 11 is 0. The molecular weight excluding hydrogens is 609 g/mol. The maximum Gasteiger partial charge on any atom is 0.416 e. The van der Waals surface area contributed by atoms with E-state index in [4.69, 9.17) is 9.84 Å². The third kappa shape index (κ3) is 6.81. The van der Waals surface area contributed by atoms with E-state index in [9.17, 15) is 18.0 Å². The van der Waals surface area contributed by atoms with Crippen LogP contribution < -0.4 is 10.2 Å². The fourth-order valence-electron chi connectivity index (χ4n) is 6.28. The minimum Gasteiger partial charge on any atom is -0.380 e. The fraction of sp³-hybridized carbons (Fsp3) is 0.412. The molecule has 0 unspecified atom stereocenters. The molecule has 6 heterocycles. The number of ether oxygens (including phenoxy) is 1. The number of hydrogen-bond acceptors (Lipinski definition) is 8. The lowest BCUT2D eigenvalue weighted by molar-refractivity contribution is -0.138. The lowest BCUT2D eigenvalue weighted by Gasteiger charge is -2.47.